The van der Waals surface area contributed by atoms with Gasteiger partial charge in [-0.3, -0.25) is 20.4 Å². The maximum absolute atomic E-state index is 12.0. The number of rotatable bonds is 3. The average Bonchev–Trinajstić information content (AvgIpc) is 2.64. The number of hydrazine groups is 1. The summed E-state index contributed by atoms with van der Waals surface area (Å²) < 4.78 is 0. The van der Waals surface area contributed by atoms with Gasteiger partial charge in [-0.2, -0.15) is 0 Å². The maximum Gasteiger partial charge on any atom is 0.269 e. The Morgan fingerprint density at radius 2 is 1.64 bits per heavy atom. The van der Waals surface area contributed by atoms with Gasteiger partial charge in [-0.25, -0.2) is 0 Å². The van der Waals surface area contributed by atoms with E-state index in [1.165, 1.54) is 6.08 Å². The SMILES string of the molecule is Cc1cccc(C(=O)NNC(=O)C=Cc2cccc3ccccc23)c1. The third-order valence-electron chi connectivity index (χ3n) is 3.82. The molecule has 0 aliphatic rings. The van der Waals surface area contributed by atoms with E-state index in [0.29, 0.717) is 5.56 Å². The molecule has 0 atom stereocenters. The van der Waals surface area contributed by atoms with Crippen molar-refractivity contribution in [2.24, 2.45) is 0 Å². The van der Waals surface area contributed by atoms with Gasteiger partial charge in [-0.1, -0.05) is 60.2 Å². The summed E-state index contributed by atoms with van der Waals surface area (Å²) in [5, 5.41) is 2.18. The summed E-state index contributed by atoms with van der Waals surface area (Å²) in [7, 11) is 0. The van der Waals surface area contributed by atoms with Gasteiger partial charge in [0, 0.05) is 11.6 Å². The van der Waals surface area contributed by atoms with Crippen molar-refractivity contribution in [1.29, 1.82) is 0 Å². The minimum Gasteiger partial charge on any atom is -0.268 e. The van der Waals surface area contributed by atoms with Gasteiger partial charge in [0.2, 0.25) is 0 Å². The molecular formula is C21H18N2O2. The molecule has 0 saturated heterocycles. The van der Waals surface area contributed by atoms with Gasteiger partial charge in [0.15, 0.2) is 0 Å². The van der Waals surface area contributed by atoms with Crippen molar-refractivity contribution >= 4 is 28.7 Å². The van der Waals surface area contributed by atoms with Crippen molar-refractivity contribution in [3.05, 3.63) is 89.5 Å². The number of hydrogen-bond acceptors (Lipinski definition) is 2. The molecule has 0 spiro atoms. The fraction of sp³-hybridized carbons (Fsp3) is 0.0476. The second kappa shape index (κ2) is 7.45. The Morgan fingerprint density at radius 1 is 0.880 bits per heavy atom. The highest BCUT2D eigenvalue weighted by atomic mass is 16.2. The van der Waals surface area contributed by atoms with Gasteiger partial charge in [-0.05, 0) is 41.5 Å². The Balaban J connectivity index is 1.64. The van der Waals surface area contributed by atoms with Crippen molar-refractivity contribution < 1.29 is 9.59 Å². The highest BCUT2D eigenvalue weighted by molar-refractivity contribution is 5.99. The number of benzene rings is 3. The van der Waals surface area contributed by atoms with E-state index in [-0.39, 0.29) is 5.91 Å². The molecule has 124 valence electrons. The van der Waals surface area contributed by atoms with Crippen LogP contribution in [0.1, 0.15) is 21.5 Å². The molecule has 0 heterocycles. The third kappa shape index (κ3) is 4.12. The lowest BCUT2D eigenvalue weighted by Crippen LogP contribution is -2.40. The monoisotopic (exact) mass is 330 g/mol. The number of amides is 2. The Hall–Kier alpha value is -3.40. The van der Waals surface area contributed by atoms with Crippen molar-refractivity contribution in [2.75, 3.05) is 0 Å². The number of nitrogens with one attached hydrogen (secondary N) is 2. The smallest absolute Gasteiger partial charge is 0.268 e. The molecule has 3 aromatic carbocycles. The van der Waals surface area contributed by atoms with Crippen molar-refractivity contribution in [3.8, 4) is 0 Å². The molecule has 0 aliphatic carbocycles. The molecule has 2 amide bonds. The van der Waals surface area contributed by atoms with E-state index in [1.54, 1.807) is 24.3 Å². The van der Waals surface area contributed by atoms with Gasteiger partial charge < -0.3 is 0 Å². The summed E-state index contributed by atoms with van der Waals surface area (Å²) in [5.41, 5.74) is 7.23. The second-order valence-electron chi connectivity index (χ2n) is 5.71. The van der Waals surface area contributed by atoms with Gasteiger partial charge in [0.1, 0.15) is 0 Å². The summed E-state index contributed by atoms with van der Waals surface area (Å²) in [5.74, 6) is -0.746. The largest absolute Gasteiger partial charge is 0.269 e. The number of aryl methyl sites for hydroxylation is 1. The predicted molar refractivity (Wildman–Crippen MR) is 99.8 cm³/mol. The first-order valence-corrected chi connectivity index (χ1v) is 7.96. The van der Waals surface area contributed by atoms with Gasteiger partial charge >= 0.3 is 0 Å². The molecule has 0 aliphatic heterocycles. The lowest BCUT2D eigenvalue weighted by Gasteiger charge is -2.06. The Bertz CT molecular complexity index is 956. The molecule has 2 N–H and O–H groups in total. The van der Waals surface area contributed by atoms with Crippen LogP contribution in [-0.2, 0) is 4.79 Å². The van der Waals surface area contributed by atoms with Crippen LogP contribution >= 0.6 is 0 Å². The topological polar surface area (TPSA) is 58.2 Å². The molecule has 0 radical (unpaired) electrons. The summed E-state index contributed by atoms with van der Waals surface area (Å²) in [6, 6.07) is 21.0. The van der Waals surface area contributed by atoms with Crippen LogP contribution in [0.2, 0.25) is 0 Å². The Morgan fingerprint density at radius 3 is 2.48 bits per heavy atom. The van der Waals surface area contributed by atoms with E-state index < -0.39 is 5.91 Å². The van der Waals surface area contributed by atoms with Crippen LogP contribution in [0.15, 0.2) is 72.8 Å². The minimum absolute atomic E-state index is 0.351. The zero-order chi connectivity index (χ0) is 17.6. The first kappa shape index (κ1) is 16.5. The van der Waals surface area contributed by atoms with E-state index in [9.17, 15) is 9.59 Å². The van der Waals surface area contributed by atoms with E-state index in [1.807, 2.05) is 55.5 Å². The molecule has 0 bridgehead atoms. The summed E-state index contributed by atoms with van der Waals surface area (Å²) in [4.78, 5) is 23.9. The molecular weight excluding hydrogens is 312 g/mol. The normalized spacial score (nSPS) is 10.8. The van der Waals surface area contributed by atoms with Crippen LogP contribution in [-0.4, -0.2) is 11.8 Å². The highest BCUT2D eigenvalue weighted by Gasteiger charge is 2.06. The van der Waals surface area contributed by atoms with Crippen LogP contribution in [0, 0.1) is 6.92 Å². The van der Waals surface area contributed by atoms with E-state index >= 15 is 0 Å². The molecule has 3 aromatic rings. The average molecular weight is 330 g/mol. The first-order chi connectivity index (χ1) is 12.1. The summed E-state index contributed by atoms with van der Waals surface area (Å²) in [6.45, 7) is 1.91. The Labute approximate surface area is 146 Å². The zero-order valence-electron chi connectivity index (χ0n) is 13.8. The molecule has 25 heavy (non-hydrogen) atoms. The molecule has 0 unspecified atom stereocenters. The number of carbonyl (C=O) groups excluding carboxylic acids is 2. The minimum atomic E-state index is -0.395. The lowest BCUT2D eigenvalue weighted by molar-refractivity contribution is -0.117. The molecule has 4 heteroatoms. The zero-order valence-corrected chi connectivity index (χ0v) is 13.8. The second-order valence-corrected chi connectivity index (χ2v) is 5.71. The first-order valence-electron chi connectivity index (χ1n) is 7.96. The number of hydrogen-bond donors (Lipinski definition) is 2. The summed E-state index contributed by atoms with van der Waals surface area (Å²) in [6.07, 6.45) is 3.13. The third-order valence-corrected chi connectivity index (χ3v) is 3.82. The van der Waals surface area contributed by atoms with E-state index in [4.69, 9.17) is 0 Å². The van der Waals surface area contributed by atoms with Gasteiger partial charge in [-0.15, -0.1) is 0 Å². The van der Waals surface area contributed by atoms with Crippen LogP contribution in [0.3, 0.4) is 0 Å². The number of carbonyl (C=O) groups is 2. The standard InChI is InChI=1S/C21H18N2O2/c1-15-6-4-10-18(14-15)21(25)23-22-20(24)13-12-17-9-5-8-16-7-2-3-11-19(16)17/h2-14H,1H3,(H,22,24)(H,23,25). The highest BCUT2D eigenvalue weighted by Crippen LogP contribution is 2.19. The maximum atomic E-state index is 12.0. The van der Waals surface area contributed by atoms with E-state index in [0.717, 1.165) is 21.9 Å². The van der Waals surface area contributed by atoms with Crippen molar-refractivity contribution in [1.82, 2.24) is 10.9 Å². The van der Waals surface area contributed by atoms with Crippen LogP contribution in [0.25, 0.3) is 16.8 Å². The van der Waals surface area contributed by atoms with Crippen molar-refractivity contribution in [2.45, 2.75) is 6.92 Å². The summed E-state index contributed by atoms with van der Waals surface area (Å²) >= 11 is 0. The molecule has 0 aromatic heterocycles. The van der Waals surface area contributed by atoms with Gasteiger partial charge in [0.25, 0.3) is 11.8 Å². The quantitative estimate of drug-likeness (QED) is 0.569. The van der Waals surface area contributed by atoms with Crippen LogP contribution in [0.4, 0.5) is 0 Å². The van der Waals surface area contributed by atoms with Crippen LogP contribution < -0.4 is 10.9 Å². The predicted octanol–water partition coefficient (Wildman–Crippen LogP) is 3.62. The Kier molecular flexibility index (Phi) is 4.90. The molecule has 4 nitrogen and oxygen atoms in total. The molecule has 0 fully saturated rings. The van der Waals surface area contributed by atoms with Crippen LogP contribution in [0.5, 0.6) is 0 Å². The molecule has 3 rings (SSSR count). The lowest BCUT2D eigenvalue weighted by atomic mass is 10.0. The fourth-order valence-corrected chi connectivity index (χ4v) is 2.58. The molecule has 0 saturated carbocycles. The van der Waals surface area contributed by atoms with Gasteiger partial charge in [0.05, 0.1) is 0 Å². The van der Waals surface area contributed by atoms with E-state index in [2.05, 4.69) is 10.9 Å². The number of fused-ring (bicyclic) bond motifs is 1. The fourth-order valence-electron chi connectivity index (χ4n) is 2.58. The van der Waals surface area contributed by atoms with Crippen molar-refractivity contribution in [3.63, 3.8) is 0 Å².